The first-order chi connectivity index (χ1) is 10.1. The maximum atomic E-state index is 12.5. The van der Waals surface area contributed by atoms with Gasteiger partial charge in [0.05, 0.1) is 11.8 Å². The predicted molar refractivity (Wildman–Crippen MR) is 81.1 cm³/mol. The molecule has 0 bridgehead atoms. The van der Waals surface area contributed by atoms with Crippen LogP contribution in [0, 0.1) is 12.8 Å². The minimum atomic E-state index is 0.0537. The molecule has 0 unspecified atom stereocenters. The number of rotatable bonds is 6. The van der Waals surface area contributed by atoms with Crippen molar-refractivity contribution < 1.29 is 9.53 Å². The summed E-state index contributed by atoms with van der Waals surface area (Å²) in [5.74, 6) is 0.596. The molecule has 0 atom stereocenters. The molecular weight excluding hydrogens is 268 g/mol. The molecule has 1 saturated heterocycles. The Bertz CT molecular complexity index is 466. The summed E-state index contributed by atoms with van der Waals surface area (Å²) in [7, 11) is 1.87. The first kappa shape index (κ1) is 16.0. The van der Waals surface area contributed by atoms with Crippen LogP contribution < -0.4 is 5.73 Å². The molecule has 2 N–H and O–H groups in total. The topological polar surface area (TPSA) is 73.4 Å². The van der Waals surface area contributed by atoms with Gasteiger partial charge in [0.1, 0.15) is 0 Å². The first-order valence-electron chi connectivity index (χ1n) is 7.69. The number of nitrogens with two attached hydrogens (primary N) is 1. The van der Waals surface area contributed by atoms with Gasteiger partial charge in [0, 0.05) is 39.0 Å². The van der Waals surface area contributed by atoms with E-state index in [0.717, 1.165) is 51.3 Å². The summed E-state index contributed by atoms with van der Waals surface area (Å²) in [6, 6.07) is 0. The summed E-state index contributed by atoms with van der Waals surface area (Å²) >= 11 is 0. The maximum Gasteiger partial charge on any atom is 0.257 e. The molecule has 2 rings (SSSR count). The van der Waals surface area contributed by atoms with Gasteiger partial charge < -0.3 is 15.4 Å². The normalized spacial score (nSPS) is 16.1. The van der Waals surface area contributed by atoms with Gasteiger partial charge in [-0.2, -0.15) is 5.10 Å². The number of aromatic nitrogens is 2. The van der Waals surface area contributed by atoms with Crippen molar-refractivity contribution in [3.05, 3.63) is 17.5 Å². The van der Waals surface area contributed by atoms with Crippen LogP contribution in [0.4, 0.5) is 0 Å². The molecule has 1 aromatic heterocycles. The van der Waals surface area contributed by atoms with E-state index < -0.39 is 0 Å². The average Bonchev–Trinajstić information content (AvgIpc) is 2.86. The summed E-state index contributed by atoms with van der Waals surface area (Å²) in [4.78, 5) is 14.4. The van der Waals surface area contributed by atoms with E-state index in [1.165, 1.54) is 0 Å². The highest BCUT2D eigenvalue weighted by Crippen LogP contribution is 2.17. The molecule has 0 saturated carbocycles. The fourth-order valence-corrected chi connectivity index (χ4v) is 2.73. The second-order valence-corrected chi connectivity index (χ2v) is 5.75. The molecule has 118 valence electrons. The number of hydrogen-bond donors (Lipinski definition) is 1. The lowest BCUT2D eigenvalue weighted by molar-refractivity contribution is 0.0497. The van der Waals surface area contributed by atoms with E-state index >= 15 is 0 Å². The van der Waals surface area contributed by atoms with Crippen LogP contribution in [0.3, 0.4) is 0 Å². The summed E-state index contributed by atoms with van der Waals surface area (Å²) in [5.41, 5.74) is 7.14. The molecule has 6 nitrogen and oxygen atoms in total. The summed E-state index contributed by atoms with van der Waals surface area (Å²) in [5, 5.41) is 4.30. The number of aryl methyl sites for hydroxylation is 1. The molecule has 0 spiro atoms. The van der Waals surface area contributed by atoms with Crippen molar-refractivity contribution >= 4 is 5.91 Å². The van der Waals surface area contributed by atoms with Gasteiger partial charge >= 0.3 is 0 Å². The zero-order valence-electron chi connectivity index (χ0n) is 13.0. The third-order valence-electron chi connectivity index (χ3n) is 4.13. The smallest absolute Gasteiger partial charge is 0.257 e. The largest absolute Gasteiger partial charge is 0.381 e. The minimum Gasteiger partial charge on any atom is -0.381 e. The lowest BCUT2D eigenvalue weighted by atomic mass is 9.99. The van der Waals surface area contributed by atoms with Crippen LogP contribution in [0.15, 0.2) is 6.20 Å². The third-order valence-corrected chi connectivity index (χ3v) is 4.13. The Morgan fingerprint density at radius 1 is 1.52 bits per heavy atom. The maximum absolute atomic E-state index is 12.5. The van der Waals surface area contributed by atoms with Gasteiger partial charge in [0.25, 0.3) is 5.91 Å². The van der Waals surface area contributed by atoms with Gasteiger partial charge in [0.15, 0.2) is 0 Å². The fraction of sp³-hybridized carbons (Fsp3) is 0.733. The molecule has 6 heteroatoms. The molecular formula is C15H26N4O2. The van der Waals surface area contributed by atoms with E-state index in [-0.39, 0.29) is 5.91 Å². The van der Waals surface area contributed by atoms with Crippen molar-refractivity contribution in [2.75, 3.05) is 33.4 Å². The van der Waals surface area contributed by atoms with Gasteiger partial charge in [-0.25, -0.2) is 0 Å². The summed E-state index contributed by atoms with van der Waals surface area (Å²) in [6.07, 6.45) is 4.61. The van der Waals surface area contributed by atoms with Crippen LogP contribution in [-0.4, -0.2) is 53.9 Å². The molecule has 1 aromatic rings. The fourth-order valence-electron chi connectivity index (χ4n) is 2.73. The van der Waals surface area contributed by atoms with Crippen LogP contribution >= 0.6 is 0 Å². The highest BCUT2D eigenvalue weighted by Gasteiger charge is 2.22. The van der Waals surface area contributed by atoms with Crippen molar-refractivity contribution in [2.45, 2.75) is 32.7 Å². The Morgan fingerprint density at radius 2 is 2.24 bits per heavy atom. The molecule has 1 fully saturated rings. The van der Waals surface area contributed by atoms with Crippen molar-refractivity contribution in [2.24, 2.45) is 11.7 Å². The minimum absolute atomic E-state index is 0.0537. The van der Waals surface area contributed by atoms with Crippen molar-refractivity contribution in [1.82, 2.24) is 14.7 Å². The molecule has 0 radical (unpaired) electrons. The van der Waals surface area contributed by atoms with Crippen molar-refractivity contribution in [3.63, 3.8) is 0 Å². The molecule has 1 aliphatic heterocycles. The van der Waals surface area contributed by atoms with Gasteiger partial charge in [-0.3, -0.25) is 9.48 Å². The van der Waals surface area contributed by atoms with Gasteiger partial charge in [-0.1, -0.05) is 0 Å². The molecule has 2 heterocycles. The number of carbonyl (C=O) groups excluding carboxylic acids is 1. The number of nitrogens with zero attached hydrogens (tertiary/aromatic N) is 3. The zero-order valence-corrected chi connectivity index (χ0v) is 13.0. The van der Waals surface area contributed by atoms with Crippen LogP contribution in [0.5, 0.6) is 0 Å². The molecule has 0 aromatic carbocycles. The van der Waals surface area contributed by atoms with E-state index in [2.05, 4.69) is 5.10 Å². The second-order valence-electron chi connectivity index (χ2n) is 5.75. The number of carbonyl (C=O) groups is 1. The van der Waals surface area contributed by atoms with Crippen LogP contribution in [0.1, 0.15) is 35.3 Å². The van der Waals surface area contributed by atoms with Crippen LogP contribution in [0.2, 0.25) is 0 Å². The van der Waals surface area contributed by atoms with E-state index in [0.29, 0.717) is 18.0 Å². The van der Waals surface area contributed by atoms with Gasteiger partial charge in [0.2, 0.25) is 0 Å². The van der Waals surface area contributed by atoms with Crippen molar-refractivity contribution in [1.29, 1.82) is 0 Å². The van der Waals surface area contributed by atoms with Crippen LogP contribution in [0.25, 0.3) is 0 Å². The summed E-state index contributed by atoms with van der Waals surface area (Å²) in [6.45, 7) is 5.74. The highest BCUT2D eigenvalue weighted by molar-refractivity contribution is 5.94. The zero-order chi connectivity index (χ0) is 15.2. The van der Waals surface area contributed by atoms with Crippen LogP contribution in [-0.2, 0) is 11.3 Å². The molecule has 21 heavy (non-hydrogen) atoms. The SMILES string of the molecule is Cc1c(C(=O)N(C)CC2CCOCC2)cnn1CCCN. The lowest BCUT2D eigenvalue weighted by Crippen LogP contribution is -2.34. The monoisotopic (exact) mass is 294 g/mol. The quantitative estimate of drug-likeness (QED) is 0.851. The Kier molecular flexibility index (Phi) is 5.76. The molecule has 0 aliphatic carbocycles. The molecule has 1 amide bonds. The van der Waals surface area contributed by atoms with Gasteiger partial charge in [-0.15, -0.1) is 0 Å². The van der Waals surface area contributed by atoms with E-state index in [9.17, 15) is 4.79 Å². The average molecular weight is 294 g/mol. The lowest BCUT2D eigenvalue weighted by Gasteiger charge is -2.27. The standard InChI is InChI=1S/C15H26N4O2/c1-12-14(10-17-19(12)7-3-6-16)15(20)18(2)11-13-4-8-21-9-5-13/h10,13H,3-9,11,16H2,1-2H3. The predicted octanol–water partition coefficient (Wildman–Crippen LogP) is 1.04. The number of hydrogen-bond acceptors (Lipinski definition) is 4. The van der Waals surface area contributed by atoms with Gasteiger partial charge in [-0.05, 0) is 38.6 Å². The Morgan fingerprint density at radius 3 is 2.90 bits per heavy atom. The van der Waals surface area contributed by atoms with E-state index in [1.54, 1.807) is 6.20 Å². The Hall–Kier alpha value is -1.40. The molecule has 1 aliphatic rings. The second kappa shape index (κ2) is 7.56. The first-order valence-corrected chi connectivity index (χ1v) is 7.69. The van der Waals surface area contributed by atoms with E-state index in [1.807, 2.05) is 23.6 Å². The Labute approximate surface area is 126 Å². The summed E-state index contributed by atoms with van der Waals surface area (Å²) < 4.78 is 7.22. The number of amides is 1. The Balaban J connectivity index is 1.96. The third kappa shape index (κ3) is 4.04. The van der Waals surface area contributed by atoms with E-state index in [4.69, 9.17) is 10.5 Å². The highest BCUT2D eigenvalue weighted by atomic mass is 16.5. The van der Waals surface area contributed by atoms with Crippen molar-refractivity contribution in [3.8, 4) is 0 Å². The number of ether oxygens (including phenoxy) is 1.